The highest BCUT2D eigenvalue weighted by Gasteiger charge is 2.16. The summed E-state index contributed by atoms with van der Waals surface area (Å²) in [4.78, 5) is 28.9. The van der Waals surface area contributed by atoms with Crippen LogP contribution in [-0.4, -0.2) is 28.5 Å². The van der Waals surface area contributed by atoms with Crippen LogP contribution in [0.3, 0.4) is 0 Å². The Morgan fingerprint density at radius 2 is 2.06 bits per heavy atom. The van der Waals surface area contributed by atoms with Gasteiger partial charge in [-0.25, -0.2) is 9.59 Å². The highest BCUT2D eigenvalue weighted by Crippen LogP contribution is 2.10. The Morgan fingerprint density at radius 3 is 2.71 bits per heavy atom. The molecular formula is C12H16N2O3. The predicted molar refractivity (Wildman–Crippen MR) is 65.8 cm³/mol. The number of carbonyl (C=O) groups is 2. The number of hydrogen-bond donors (Lipinski definition) is 1. The highest BCUT2D eigenvalue weighted by molar-refractivity contribution is 6.51. The van der Waals surface area contributed by atoms with Gasteiger partial charge in [0.15, 0.2) is 0 Å². The molecule has 0 spiro atoms. The third-order valence-electron chi connectivity index (χ3n) is 2.39. The van der Waals surface area contributed by atoms with Crippen LogP contribution >= 0.6 is 0 Å². The molecule has 0 fully saturated rings. The van der Waals surface area contributed by atoms with E-state index in [1.807, 2.05) is 0 Å². The number of amides is 2. The number of allylic oxidation sites excluding steroid dienone is 1. The molecule has 17 heavy (non-hydrogen) atoms. The van der Waals surface area contributed by atoms with Crippen LogP contribution in [0.2, 0.25) is 0 Å². The Bertz CT molecular complexity index is 395. The summed E-state index contributed by atoms with van der Waals surface area (Å²) in [5.74, 6) is -1.06. The molecular weight excluding hydrogens is 220 g/mol. The molecule has 1 rings (SSSR count). The summed E-state index contributed by atoms with van der Waals surface area (Å²) < 4.78 is 0. The Labute approximate surface area is 100.0 Å². The molecule has 1 N–H and O–H groups in total. The topological polar surface area (TPSA) is 79.1 Å². The van der Waals surface area contributed by atoms with Gasteiger partial charge in [-0.2, -0.15) is 9.98 Å². The van der Waals surface area contributed by atoms with Crippen molar-refractivity contribution in [1.29, 1.82) is 0 Å². The lowest BCUT2D eigenvalue weighted by molar-refractivity contribution is -0.131. The second-order valence-corrected chi connectivity index (χ2v) is 3.82. The maximum atomic E-state index is 11.0. The third-order valence-corrected chi connectivity index (χ3v) is 2.39. The Morgan fingerprint density at radius 1 is 1.29 bits per heavy atom. The van der Waals surface area contributed by atoms with Gasteiger partial charge < -0.3 is 5.11 Å². The average molecular weight is 236 g/mol. The standard InChI is InChI=1S/C12H16N2O3/c1-2-3-4-5-6-9-10(7-8-11(15)16)14-12(17)13-9/h7-8H,2-6H2,1H3,(H,15,16). The van der Waals surface area contributed by atoms with Crippen molar-refractivity contribution in [2.45, 2.75) is 39.0 Å². The summed E-state index contributed by atoms with van der Waals surface area (Å²) >= 11 is 0. The van der Waals surface area contributed by atoms with Gasteiger partial charge in [-0.1, -0.05) is 26.2 Å². The number of aliphatic carboxylic acids is 1. The summed E-state index contributed by atoms with van der Waals surface area (Å²) in [6.45, 7) is 2.12. The Hall–Kier alpha value is -1.78. The molecule has 0 aromatic heterocycles. The average Bonchev–Trinajstić information content (AvgIpc) is 2.62. The number of hydrogen-bond acceptors (Lipinski definition) is 2. The van der Waals surface area contributed by atoms with E-state index in [0.29, 0.717) is 17.8 Å². The lowest BCUT2D eigenvalue weighted by atomic mass is 10.1. The first kappa shape index (κ1) is 13.3. The molecule has 0 aromatic rings. The fraction of sp³-hybridized carbons (Fsp3) is 0.500. The number of urea groups is 1. The molecule has 1 heterocycles. The molecule has 1 aliphatic heterocycles. The van der Waals surface area contributed by atoms with Crippen molar-refractivity contribution >= 4 is 23.4 Å². The summed E-state index contributed by atoms with van der Waals surface area (Å²) in [7, 11) is 0. The van der Waals surface area contributed by atoms with E-state index in [1.54, 1.807) is 0 Å². The molecule has 92 valence electrons. The van der Waals surface area contributed by atoms with Gasteiger partial charge in [-0.05, 0) is 18.9 Å². The normalized spacial score (nSPS) is 15.2. The number of nitrogens with zero attached hydrogens (tertiary/aromatic N) is 2. The molecule has 0 saturated heterocycles. The van der Waals surface area contributed by atoms with Gasteiger partial charge >= 0.3 is 12.0 Å². The minimum atomic E-state index is -1.06. The SMILES string of the molecule is CCCCCCC1=NC(=O)N=C1C=CC(=O)O. The summed E-state index contributed by atoms with van der Waals surface area (Å²) in [5, 5.41) is 8.51. The fourth-order valence-corrected chi connectivity index (χ4v) is 1.55. The van der Waals surface area contributed by atoms with E-state index >= 15 is 0 Å². The highest BCUT2D eigenvalue weighted by atomic mass is 16.4. The molecule has 5 nitrogen and oxygen atoms in total. The van der Waals surface area contributed by atoms with Gasteiger partial charge in [0.2, 0.25) is 0 Å². The van der Waals surface area contributed by atoms with Crippen LogP contribution in [-0.2, 0) is 4.79 Å². The molecule has 1 aliphatic rings. The minimum Gasteiger partial charge on any atom is -0.478 e. The van der Waals surface area contributed by atoms with Crippen LogP contribution in [0.15, 0.2) is 22.1 Å². The maximum Gasteiger partial charge on any atom is 0.367 e. The van der Waals surface area contributed by atoms with Gasteiger partial charge in [-0.3, -0.25) is 0 Å². The van der Waals surface area contributed by atoms with Crippen LogP contribution in [0.4, 0.5) is 4.79 Å². The second-order valence-electron chi connectivity index (χ2n) is 3.82. The van der Waals surface area contributed by atoms with Gasteiger partial charge in [-0.15, -0.1) is 0 Å². The van der Waals surface area contributed by atoms with E-state index in [9.17, 15) is 9.59 Å². The van der Waals surface area contributed by atoms with Crippen LogP contribution in [0.1, 0.15) is 39.0 Å². The molecule has 2 amide bonds. The molecule has 0 aliphatic carbocycles. The number of rotatable bonds is 7. The minimum absolute atomic E-state index is 0.383. The monoisotopic (exact) mass is 236 g/mol. The van der Waals surface area contributed by atoms with Crippen LogP contribution in [0.25, 0.3) is 0 Å². The van der Waals surface area contributed by atoms with Crippen molar-refractivity contribution in [1.82, 2.24) is 0 Å². The van der Waals surface area contributed by atoms with E-state index in [0.717, 1.165) is 31.8 Å². The zero-order chi connectivity index (χ0) is 12.7. The van der Waals surface area contributed by atoms with Crippen LogP contribution in [0.5, 0.6) is 0 Å². The van der Waals surface area contributed by atoms with Crippen LogP contribution in [0, 0.1) is 0 Å². The van der Waals surface area contributed by atoms with Gasteiger partial charge in [0.25, 0.3) is 0 Å². The zero-order valence-electron chi connectivity index (χ0n) is 9.85. The Kier molecular flexibility index (Phi) is 5.26. The van der Waals surface area contributed by atoms with Gasteiger partial charge in [0, 0.05) is 6.08 Å². The second kappa shape index (κ2) is 6.73. The van der Waals surface area contributed by atoms with Gasteiger partial charge in [0.05, 0.1) is 11.4 Å². The first-order chi connectivity index (χ1) is 8.13. The third kappa shape index (κ3) is 4.72. The van der Waals surface area contributed by atoms with Crippen molar-refractivity contribution in [2.75, 3.05) is 0 Å². The largest absolute Gasteiger partial charge is 0.478 e. The van der Waals surface area contributed by atoms with E-state index < -0.39 is 12.0 Å². The molecule has 0 bridgehead atoms. The van der Waals surface area contributed by atoms with E-state index in [-0.39, 0.29) is 0 Å². The van der Waals surface area contributed by atoms with Crippen LogP contribution < -0.4 is 0 Å². The molecule has 0 saturated carbocycles. The molecule has 0 aromatic carbocycles. The lowest BCUT2D eigenvalue weighted by Crippen LogP contribution is -2.08. The van der Waals surface area contributed by atoms with Crippen molar-refractivity contribution in [3.63, 3.8) is 0 Å². The number of aliphatic imine (C=N–C) groups is 2. The fourth-order valence-electron chi connectivity index (χ4n) is 1.55. The number of carboxylic acids is 1. The quantitative estimate of drug-likeness (QED) is 0.545. The van der Waals surface area contributed by atoms with Gasteiger partial charge in [0.1, 0.15) is 0 Å². The van der Waals surface area contributed by atoms with E-state index in [2.05, 4.69) is 16.9 Å². The van der Waals surface area contributed by atoms with E-state index in [1.165, 1.54) is 6.08 Å². The first-order valence-electron chi connectivity index (χ1n) is 5.75. The number of carboxylic acid groups (broad SMARTS) is 1. The van der Waals surface area contributed by atoms with Crippen molar-refractivity contribution < 1.29 is 14.7 Å². The molecule has 0 atom stereocenters. The molecule has 5 heteroatoms. The molecule has 0 radical (unpaired) electrons. The lowest BCUT2D eigenvalue weighted by Gasteiger charge is -2.00. The van der Waals surface area contributed by atoms with Crippen molar-refractivity contribution in [2.24, 2.45) is 9.98 Å². The smallest absolute Gasteiger partial charge is 0.367 e. The number of unbranched alkanes of at least 4 members (excludes halogenated alkanes) is 3. The summed E-state index contributed by atoms with van der Waals surface area (Å²) in [5.41, 5.74) is 0.984. The van der Waals surface area contributed by atoms with Crippen molar-refractivity contribution in [3.05, 3.63) is 12.2 Å². The summed E-state index contributed by atoms with van der Waals surface area (Å²) in [6.07, 6.45) is 7.29. The zero-order valence-corrected chi connectivity index (χ0v) is 9.85. The Balaban J connectivity index is 2.53. The summed E-state index contributed by atoms with van der Waals surface area (Å²) in [6, 6.07) is -0.541. The maximum absolute atomic E-state index is 11.0. The van der Waals surface area contributed by atoms with Crippen molar-refractivity contribution in [3.8, 4) is 0 Å². The predicted octanol–water partition coefficient (Wildman–Crippen LogP) is 2.61. The molecule has 0 unspecified atom stereocenters. The first-order valence-corrected chi connectivity index (χ1v) is 5.75. The van der Waals surface area contributed by atoms with E-state index in [4.69, 9.17) is 5.11 Å². The number of carbonyl (C=O) groups excluding carboxylic acids is 1.